The van der Waals surface area contributed by atoms with E-state index in [1.165, 1.54) is 0 Å². The number of anilines is 1. The number of hydrogen-bond donors (Lipinski definition) is 1. The summed E-state index contributed by atoms with van der Waals surface area (Å²) in [6, 6.07) is 0. The topological polar surface area (TPSA) is 84.6 Å². The van der Waals surface area contributed by atoms with E-state index in [9.17, 15) is 9.18 Å². The summed E-state index contributed by atoms with van der Waals surface area (Å²) in [5.74, 6) is 1.39. The standard InChI is InChI=1S/C20H30FN5O2.2ClH/c1-19(2,3)26-9-6-20(17(26)27)4-7-25(8-5-20)18-23-12-16(13-24-18)28-14-15(10-21)11-22;;/h10,12-13H,4-9,11,14,22H2,1-3H3;2*1H/b15-10+;;. The summed E-state index contributed by atoms with van der Waals surface area (Å²) < 4.78 is 18.0. The largest absolute Gasteiger partial charge is 0.486 e. The first-order valence-electron chi connectivity index (χ1n) is 9.79. The lowest BCUT2D eigenvalue weighted by atomic mass is 9.77. The highest BCUT2D eigenvalue weighted by Gasteiger charge is 2.50. The Bertz CT molecular complexity index is 732. The van der Waals surface area contributed by atoms with E-state index in [2.05, 4.69) is 35.6 Å². The zero-order valence-electron chi connectivity index (χ0n) is 17.8. The maximum absolute atomic E-state index is 13.0. The Hall–Kier alpha value is -1.64. The third-order valence-electron chi connectivity index (χ3n) is 5.78. The average molecular weight is 464 g/mol. The molecule has 10 heteroatoms. The number of carbonyl (C=O) groups is 1. The molecular formula is C20H32Cl2FN5O2. The number of ether oxygens (including phenoxy) is 1. The van der Waals surface area contributed by atoms with Gasteiger partial charge in [-0.1, -0.05) is 0 Å². The Balaban J connectivity index is 0.00000225. The molecule has 2 saturated heterocycles. The summed E-state index contributed by atoms with van der Waals surface area (Å²) in [7, 11) is 0. The van der Waals surface area contributed by atoms with Crippen molar-refractivity contribution in [2.24, 2.45) is 11.1 Å². The van der Waals surface area contributed by atoms with Crippen LogP contribution in [0.15, 0.2) is 24.3 Å². The number of amides is 1. The third kappa shape index (κ3) is 5.53. The van der Waals surface area contributed by atoms with Gasteiger partial charge in [-0.25, -0.2) is 14.4 Å². The maximum atomic E-state index is 13.0. The van der Waals surface area contributed by atoms with Crippen molar-refractivity contribution in [1.29, 1.82) is 0 Å². The minimum absolute atomic E-state index is 0. The normalized spacial score (nSPS) is 18.8. The van der Waals surface area contributed by atoms with E-state index < -0.39 is 0 Å². The van der Waals surface area contributed by atoms with Crippen molar-refractivity contribution in [2.45, 2.75) is 45.6 Å². The highest BCUT2D eigenvalue weighted by molar-refractivity contribution is 5.86. The number of aromatic nitrogens is 2. The number of rotatable bonds is 5. The van der Waals surface area contributed by atoms with Crippen LogP contribution >= 0.6 is 24.8 Å². The summed E-state index contributed by atoms with van der Waals surface area (Å²) >= 11 is 0. The van der Waals surface area contributed by atoms with Gasteiger partial charge < -0.3 is 20.3 Å². The summed E-state index contributed by atoms with van der Waals surface area (Å²) in [6.07, 6.45) is 6.20. The Labute approximate surface area is 190 Å². The van der Waals surface area contributed by atoms with E-state index in [0.29, 0.717) is 29.5 Å². The second kappa shape index (κ2) is 10.6. The number of halogens is 3. The van der Waals surface area contributed by atoms with Gasteiger partial charge in [0, 0.05) is 37.3 Å². The molecule has 3 heterocycles. The van der Waals surface area contributed by atoms with E-state index in [-0.39, 0.29) is 48.9 Å². The molecule has 7 nitrogen and oxygen atoms in total. The van der Waals surface area contributed by atoms with Crippen LogP contribution in [-0.4, -0.2) is 59.1 Å². The number of nitrogens with two attached hydrogens (primary N) is 1. The van der Waals surface area contributed by atoms with Gasteiger partial charge in [0.1, 0.15) is 6.61 Å². The number of carbonyl (C=O) groups excluding carboxylic acids is 1. The van der Waals surface area contributed by atoms with Crippen molar-refractivity contribution in [1.82, 2.24) is 14.9 Å². The fraction of sp³-hybridized carbons (Fsp3) is 0.650. The molecule has 1 aromatic rings. The molecule has 1 amide bonds. The third-order valence-corrected chi connectivity index (χ3v) is 5.78. The molecule has 2 aliphatic rings. The average Bonchev–Trinajstić information content (AvgIpc) is 3.00. The zero-order valence-corrected chi connectivity index (χ0v) is 19.4. The smallest absolute Gasteiger partial charge is 0.229 e. The van der Waals surface area contributed by atoms with Crippen molar-refractivity contribution in [3.63, 3.8) is 0 Å². The van der Waals surface area contributed by atoms with Gasteiger partial charge in [-0.3, -0.25) is 4.79 Å². The lowest BCUT2D eigenvalue weighted by Gasteiger charge is -2.39. The molecule has 2 fully saturated rings. The van der Waals surface area contributed by atoms with Crippen LogP contribution in [0.3, 0.4) is 0 Å². The molecule has 0 bridgehead atoms. The molecule has 3 rings (SSSR count). The summed E-state index contributed by atoms with van der Waals surface area (Å²) in [4.78, 5) is 25.9. The first kappa shape index (κ1) is 26.4. The van der Waals surface area contributed by atoms with E-state index in [1.54, 1.807) is 12.4 Å². The molecule has 30 heavy (non-hydrogen) atoms. The van der Waals surface area contributed by atoms with E-state index >= 15 is 0 Å². The Morgan fingerprint density at radius 2 is 1.77 bits per heavy atom. The molecule has 170 valence electrons. The summed E-state index contributed by atoms with van der Waals surface area (Å²) in [5, 5.41) is 0. The van der Waals surface area contributed by atoms with Crippen molar-refractivity contribution in [3.05, 3.63) is 24.3 Å². The van der Waals surface area contributed by atoms with Gasteiger partial charge in [-0.05, 0) is 40.0 Å². The number of likely N-dealkylation sites (tertiary alicyclic amines) is 1. The second-order valence-electron chi connectivity index (χ2n) is 8.62. The molecule has 1 spiro atoms. The van der Waals surface area contributed by atoms with Crippen molar-refractivity contribution < 1.29 is 13.9 Å². The van der Waals surface area contributed by atoms with Crippen LogP contribution in [0.2, 0.25) is 0 Å². The number of piperidine rings is 1. The molecule has 2 N–H and O–H groups in total. The molecule has 0 unspecified atom stereocenters. The minimum Gasteiger partial charge on any atom is -0.486 e. The molecule has 0 radical (unpaired) electrons. The number of hydrogen-bond acceptors (Lipinski definition) is 6. The Kier molecular flexibility index (Phi) is 9.32. The van der Waals surface area contributed by atoms with E-state index in [0.717, 1.165) is 38.9 Å². The van der Waals surface area contributed by atoms with Gasteiger partial charge in [-0.15, -0.1) is 24.8 Å². The van der Waals surface area contributed by atoms with Crippen molar-refractivity contribution in [3.8, 4) is 5.75 Å². The van der Waals surface area contributed by atoms with Crippen LogP contribution in [0.5, 0.6) is 5.75 Å². The van der Waals surface area contributed by atoms with Crippen LogP contribution in [0.4, 0.5) is 10.3 Å². The van der Waals surface area contributed by atoms with Crippen LogP contribution in [-0.2, 0) is 4.79 Å². The molecule has 0 aliphatic carbocycles. The van der Waals surface area contributed by atoms with E-state index in [1.807, 2.05) is 4.90 Å². The Morgan fingerprint density at radius 3 is 2.23 bits per heavy atom. The molecule has 0 aromatic carbocycles. The van der Waals surface area contributed by atoms with Gasteiger partial charge in [0.15, 0.2) is 5.75 Å². The molecule has 1 aromatic heterocycles. The maximum Gasteiger partial charge on any atom is 0.229 e. The quantitative estimate of drug-likeness (QED) is 0.721. The SMILES string of the molecule is CC(C)(C)N1CCC2(CCN(c3ncc(OC/C(=C/F)CN)cn3)CC2)C1=O.Cl.Cl. The van der Waals surface area contributed by atoms with Crippen LogP contribution in [0.25, 0.3) is 0 Å². The predicted molar refractivity (Wildman–Crippen MR) is 120 cm³/mol. The molecule has 0 saturated carbocycles. The van der Waals surface area contributed by atoms with Crippen molar-refractivity contribution in [2.75, 3.05) is 37.7 Å². The monoisotopic (exact) mass is 463 g/mol. The fourth-order valence-corrected chi connectivity index (χ4v) is 3.92. The first-order chi connectivity index (χ1) is 13.3. The fourth-order valence-electron chi connectivity index (χ4n) is 3.92. The summed E-state index contributed by atoms with van der Waals surface area (Å²) in [5.41, 5.74) is 5.42. The zero-order chi connectivity index (χ0) is 20.4. The predicted octanol–water partition coefficient (Wildman–Crippen LogP) is 3.13. The Morgan fingerprint density at radius 1 is 1.20 bits per heavy atom. The minimum atomic E-state index is -0.232. The van der Waals surface area contributed by atoms with Crippen LogP contribution in [0.1, 0.15) is 40.0 Å². The molecule has 2 aliphatic heterocycles. The number of nitrogens with zero attached hydrogens (tertiary/aromatic N) is 4. The second-order valence-corrected chi connectivity index (χ2v) is 8.62. The van der Waals surface area contributed by atoms with Crippen molar-refractivity contribution >= 4 is 36.7 Å². The lowest BCUT2D eigenvalue weighted by molar-refractivity contribution is -0.140. The van der Waals surface area contributed by atoms with Gasteiger partial charge >= 0.3 is 0 Å². The van der Waals surface area contributed by atoms with Gasteiger partial charge in [0.25, 0.3) is 0 Å². The molecule has 0 atom stereocenters. The highest BCUT2D eigenvalue weighted by Crippen LogP contribution is 2.44. The summed E-state index contributed by atoms with van der Waals surface area (Å²) in [6.45, 7) is 8.81. The lowest BCUT2D eigenvalue weighted by Crippen LogP contribution is -2.49. The van der Waals surface area contributed by atoms with Crippen LogP contribution in [0, 0.1) is 5.41 Å². The van der Waals surface area contributed by atoms with Crippen LogP contribution < -0.4 is 15.4 Å². The van der Waals surface area contributed by atoms with Gasteiger partial charge in [0.2, 0.25) is 11.9 Å². The molecular weight excluding hydrogens is 432 g/mol. The van der Waals surface area contributed by atoms with E-state index in [4.69, 9.17) is 10.5 Å². The first-order valence-corrected chi connectivity index (χ1v) is 9.79. The van der Waals surface area contributed by atoms with Gasteiger partial charge in [-0.2, -0.15) is 0 Å². The highest BCUT2D eigenvalue weighted by atomic mass is 35.5. The van der Waals surface area contributed by atoms with Gasteiger partial charge in [0.05, 0.1) is 24.1 Å².